The summed E-state index contributed by atoms with van der Waals surface area (Å²) in [6.07, 6.45) is 13.6. The predicted molar refractivity (Wildman–Crippen MR) is 116 cm³/mol. The lowest BCUT2D eigenvalue weighted by Gasteiger charge is -2.07. The Labute approximate surface area is 171 Å². The van der Waals surface area contributed by atoms with Gasteiger partial charge in [-0.2, -0.15) is 0 Å². The van der Waals surface area contributed by atoms with Crippen LogP contribution in [0.5, 0.6) is 0 Å². The van der Waals surface area contributed by atoms with E-state index in [1.807, 2.05) is 26.0 Å². The van der Waals surface area contributed by atoms with E-state index in [0.717, 1.165) is 43.3 Å². The first-order chi connectivity index (χ1) is 13.3. The van der Waals surface area contributed by atoms with Crippen molar-refractivity contribution < 1.29 is 19.1 Å². The predicted octanol–water partition coefficient (Wildman–Crippen LogP) is 6.24. The van der Waals surface area contributed by atoms with Crippen LogP contribution in [0.15, 0.2) is 46.6 Å². The van der Waals surface area contributed by atoms with Crippen LogP contribution in [0, 0.1) is 0 Å². The highest BCUT2D eigenvalue weighted by Gasteiger charge is 2.09. The summed E-state index contributed by atoms with van der Waals surface area (Å²) in [7, 11) is 0. The molecule has 0 radical (unpaired) electrons. The molecule has 0 aromatic heterocycles. The van der Waals surface area contributed by atoms with E-state index < -0.39 is 0 Å². The van der Waals surface area contributed by atoms with Gasteiger partial charge in [-0.25, -0.2) is 4.79 Å². The zero-order chi connectivity index (χ0) is 21.4. The third kappa shape index (κ3) is 15.0. The number of ether oxygens (including phenoxy) is 2. The average molecular weight is 391 g/mol. The fourth-order valence-corrected chi connectivity index (χ4v) is 2.55. The Kier molecular flexibility index (Phi) is 14.7. The summed E-state index contributed by atoms with van der Waals surface area (Å²) >= 11 is 0. The molecule has 0 aliphatic rings. The Hall–Kier alpha value is -2.10. The van der Waals surface area contributed by atoms with E-state index in [1.165, 1.54) is 18.1 Å². The van der Waals surface area contributed by atoms with Gasteiger partial charge in [-0.15, -0.1) is 0 Å². The van der Waals surface area contributed by atoms with Crippen molar-refractivity contribution in [2.24, 2.45) is 0 Å². The lowest BCUT2D eigenvalue weighted by Crippen LogP contribution is -2.07. The van der Waals surface area contributed by atoms with Gasteiger partial charge in [0, 0.05) is 12.5 Å². The molecule has 0 atom stereocenters. The topological polar surface area (TPSA) is 52.6 Å². The summed E-state index contributed by atoms with van der Waals surface area (Å²) in [4.78, 5) is 23.0. The molecule has 0 N–H and O–H groups in total. The van der Waals surface area contributed by atoms with Gasteiger partial charge in [0.15, 0.2) is 0 Å². The van der Waals surface area contributed by atoms with E-state index in [1.54, 1.807) is 0 Å². The number of allylic oxidation sites excluding steroid dienone is 6. The minimum absolute atomic E-state index is 0.223. The number of rotatable bonds is 13. The van der Waals surface area contributed by atoms with Gasteiger partial charge < -0.3 is 9.47 Å². The first-order valence-corrected chi connectivity index (χ1v) is 10.2. The van der Waals surface area contributed by atoms with E-state index in [2.05, 4.69) is 32.9 Å². The van der Waals surface area contributed by atoms with Crippen LogP contribution in [-0.2, 0) is 19.1 Å². The van der Waals surface area contributed by atoms with Crippen LogP contribution in [0.4, 0.5) is 0 Å². The molecule has 0 rings (SSSR count). The summed E-state index contributed by atoms with van der Waals surface area (Å²) in [5.74, 6) is -0.502. The minimum Gasteiger partial charge on any atom is -0.463 e. The Bertz CT molecular complexity index is 602. The Morgan fingerprint density at radius 1 is 0.714 bits per heavy atom. The molecule has 0 amide bonds. The van der Waals surface area contributed by atoms with Crippen LogP contribution in [0.3, 0.4) is 0 Å². The summed E-state index contributed by atoms with van der Waals surface area (Å²) < 4.78 is 10.1. The zero-order valence-corrected chi connectivity index (χ0v) is 18.6. The smallest absolute Gasteiger partial charge is 0.333 e. The second-order valence-electron chi connectivity index (χ2n) is 7.25. The molecule has 0 heterocycles. The molecular formula is C24H38O4. The largest absolute Gasteiger partial charge is 0.463 e. The van der Waals surface area contributed by atoms with Gasteiger partial charge in [0.2, 0.25) is 0 Å². The normalized spacial score (nSPS) is 12.6. The van der Waals surface area contributed by atoms with Crippen LogP contribution in [0.25, 0.3) is 0 Å². The zero-order valence-electron chi connectivity index (χ0n) is 18.6. The molecule has 158 valence electrons. The molecule has 28 heavy (non-hydrogen) atoms. The molecule has 0 aromatic carbocycles. The second kappa shape index (κ2) is 15.9. The van der Waals surface area contributed by atoms with Crippen LogP contribution in [0.1, 0.15) is 80.1 Å². The van der Waals surface area contributed by atoms with Gasteiger partial charge in [0.05, 0.1) is 6.61 Å². The lowest BCUT2D eigenvalue weighted by atomic mass is 10.0. The van der Waals surface area contributed by atoms with E-state index in [9.17, 15) is 9.59 Å². The SMILES string of the molecule is CCOC(=O)C(=CCCC(C)=CCOC(C)=O)CCC=C(C)CCC=C(C)C. The fraction of sp³-hybridized carbons (Fsp3) is 0.583. The van der Waals surface area contributed by atoms with Gasteiger partial charge in [-0.1, -0.05) is 34.9 Å². The average Bonchev–Trinajstić information content (AvgIpc) is 2.60. The van der Waals surface area contributed by atoms with E-state index in [0.29, 0.717) is 19.6 Å². The van der Waals surface area contributed by atoms with Crippen LogP contribution < -0.4 is 0 Å². The number of esters is 2. The molecule has 0 unspecified atom stereocenters. The van der Waals surface area contributed by atoms with Crippen molar-refractivity contribution in [2.75, 3.05) is 13.2 Å². The summed E-state index contributed by atoms with van der Waals surface area (Å²) in [6.45, 7) is 12.3. The second-order valence-corrected chi connectivity index (χ2v) is 7.25. The van der Waals surface area contributed by atoms with Crippen molar-refractivity contribution in [3.8, 4) is 0 Å². The lowest BCUT2D eigenvalue weighted by molar-refractivity contribution is -0.140. The Morgan fingerprint density at radius 2 is 1.29 bits per heavy atom. The van der Waals surface area contributed by atoms with Gasteiger partial charge in [0.1, 0.15) is 6.61 Å². The maximum absolute atomic E-state index is 12.2. The number of carbonyl (C=O) groups excluding carboxylic acids is 2. The van der Waals surface area contributed by atoms with E-state index >= 15 is 0 Å². The van der Waals surface area contributed by atoms with E-state index in [-0.39, 0.29) is 11.9 Å². The first kappa shape index (κ1) is 25.9. The molecule has 0 aliphatic heterocycles. The maximum atomic E-state index is 12.2. The molecule has 0 spiro atoms. The fourth-order valence-electron chi connectivity index (χ4n) is 2.55. The highest BCUT2D eigenvalue weighted by Crippen LogP contribution is 2.15. The quantitative estimate of drug-likeness (QED) is 0.212. The first-order valence-electron chi connectivity index (χ1n) is 10.2. The van der Waals surface area contributed by atoms with Crippen molar-refractivity contribution >= 4 is 11.9 Å². The highest BCUT2D eigenvalue weighted by molar-refractivity contribution is 5.88. The van der Waals surface area contributed by atoms with Gasteiger partial charge >= 0.3 is 11.9 Å². The third-order valence-electron chi connectivity index (χ3n) is 4.18. The molecule has 0 fully saturated rings. The third-order valence-corrected chi connectivity index (χ3v) is 4.18. The minimum atomic E-state index is -0.280. The van der Waals surface area contributed by atoms with Crippen molar-refractivity contribution in [2.45, 2.75) is 80.1 Å². The summed E-state index contributed by atoms with van der Waals surface area (Å²) in [5, 5.41) is 0. The number of hydrogen-bond donors (Lipinski definition) is 0. The number of hydrogen-bond acceptors (Lipinski definition) is 4. The maximum Gasteiger partial charge on any atom is 0.333 e. The van der Waals surface area contributed by atoms with E-state index in [4.69, 9.17) is 9.47 Å². The Balaban J connectivity index is 4.64. The molecular weight excluding hydrogens is 352 g/mol. The van der Waals surface area contributed by atoms with Crippen LogP contribution in [0.2, 0.25) is 0 Å². The van der Waals surface area contributed by atoms with Gasteiger partial charge in [0.25, 0.3) is 0 Å². The van der Waals surface area contributed by atoms with Crippen LogP contribution in [-0.4, -0.2) is 25.2 Å². The number of carbonyl (C=O) groups is 2. The van der Waals surface area contributed by atoms with Crippen LogP contribution >= 0.6 is 0 Å². The van der Waals surface area contributed by atoms with Crippen molar-refractivity contribution in [3.63, 3.8) is 0 Å². The molecule has 4 nitrogen and oxygen atoms in total. The van der Waals surface area contributed by atoms with Crippen molar-refractivity contribution in [3.05, 3.63) is 46.6 Å². The molecule has 4 heteroatoms. The molecule has 0 saturated carbocycles. The molecule has 0 saturated heterocycles. The van der Waals surface area contributed by atoms with Gasteiger partial charge in [-0.05, 0) is 79.2 Å². The standard InChI is InChI=1S/C24H38O4/c1-7-27-24(26)23(15-9-13-20(4)12-8-11-19(2)3)16-10-14-21(5)17-18-28-22(6)25/h11,13,16-17H,7-10,12,14-15,18H2,1-6H3. The van der Waals surface area contributed by atoms with Gasteiger partial charge in [-0.3, -0.25) is 4.79 Å². The van der Waals surface area contributed by atoms with Crippen molar-refractivity contribution in [1.29, 1.82) is 0 Å². The Morgan fingerprint density at radius 3 is 1.86 bits per heavy atom. The van der Waals surface area contributed by atoms with Crippen molar-refractivity contribution in [1.82, 2.24) is 0 Å². The summed E-state index contributed by atoms with van der Waals surface area (Å²) in [6, 6.07) is 0. The molecule has 0 aromatic rings. The summed E-state index contributed by atoms with van der Waals surface area (Å²) in [5.41, 5.74) is 4.57. The molecule has 0 bridgehead atoms. The molecule has 0 aliphatic carbocycles. The highest BCUT2D eigenvalue weighted by atomic mass is 16.5. The monoisotopic (exact) mass is 390 g/mol.